The summed E-state index contributed by atoms with van der Waals surface area (Å²) in [4.78, 5) is 36.7. The molecule has 1 atom stereocenters. The fourth-order valence-corrected chi connectivity index (χ4v) is 2.20. The van der Waals surface area contributed by atoms with Gasteiger partial charge in [-0.1, -0.05) is 0 Å². The van der Waals surface area contributed by atoms with Crippen LogP contribution in [0.5, 0.6) is 0 Å². The Morgan fingerprint density at radius 2 is 2.19 bits per heavy atom. The van der Waals surface area contributed by atoms with Crippen molar-refractivity contribution in [2.45, 2.75) is 19.9 Å². The molecule has 4 N–H and O–H groups in total. The molecule has 1 aliphatic rings. The number of hydrogen-bond donors (Lipinski definition) is 3. The zero-order valence-corrected chi connectivity index (χ0v) is 12.0. The number of amides is 3. The number of piperazine rings is 1. The molecular formula is C14H18N4O3. The molecule has 7 nitrogen and oxygen atoms in total. The third-order valence-corrected chi connectivity index (χ3v) is 3.36. The Balaban J connectivity index is 2.38. The summed E-state index contributed by atoms with van der Waals surface area (Å²) in [6.07, 6.45) is 0. The third-order valence-electron chi connectivity index (χ3n) is 3.36. The van der Waals surface area contributed by atoms with E-state index in [0.717, 1.165) is 0 Å². The maximum absolute atomic E-state index is 11.9. The van der Waals surface area contributed by atoms with Crippen molar-refractivity contribution in [3.05, 3.63) is 23.8 Å². The SMILES string of the molecule is CCNC(=O)c1ccc(N)c(N2CC(=O)NC(=O)C2C)c1. The van der Waals surface area contributed by atoms with Crippen LogP contribution in [0.15, 0.2) is 18.2 Å². The largest absolute Gasteiger partial charge is 0.397 e. The molecule has 7 heteroatoms. The molecule has 0 saturated carbocycles. The van der Waals surface area contributed by atoms with Crippen molar-refractivity contribution in [2.75, 3.05) is 23.7 Å². The van der Waals surface area contributed by atoms with Crippen LogP contribution in [0.25, 0.3) is 0 Å². The summed E-state index contributed by atoms with van der Waals surface area (Å²) in [5, 5.41) is 4.96. The lowest BCUT2D eigenvalue weighted by molar-refractivity contribution is -0.132. The molecule has 1 aliphatic heterocycles. The van der Waals surface area contributed by atoms with Crippen LogP contribution in [0.4, 0.5) is 11.4 Å². The van der Waals surface area contributed by atoms with E-state index in [9.17, 15) is 14.4 Å². The standard InChI is InChI=1S/C14H18N4O3/c1-3-16-14(21)9-4-5-10(15)11(6-9)18-7-12(19)17-13(20)8(18)2/h4-6,8H,3,7,15H2,1-2H3,(H,16,21)(H,17,19,20). The van der Waals surface area contributed by atoms with Gasteiger partial charge in [-0.3, -0.25) is 19.7 Å². The van der Waals surface area contributed by atoms with Crippen LogP contribution in [-0.4, -0.2) is 36.9 Å². The van der Waals surface area contributed by atoms with E-state index in [-0.39, 0.29) is 24.3 Å². The molecular weight excluding hydrogens is 272 g/mol. The fourth-order valence-electron chi connectivity index (χ4n) is 2.20. The number of anilines is 2. The van der Waals surface area contributed by atoms with Gasteiger partial charge in [0.2, 0.25) is 11.8 Å². The fraction of sp³-hybridized carbons (Fsp3) is 0.357. The second kappa shape index (κ2) is 5.82. The quantitative estimate of drug-likeness (QED) is 0.531. The smallest absolute Gasteiger partial charge is 0.251 e. The van der Waals surface area contributed by atoms with Gasteiger partial charge in [-0.2, -0.15) is 0 Å². The number of nitrogens with two attached hydrogens (primary N) is 1. The van der Waals surface area contributed by atoms with Gasteiger partial charge in [-0.15, -0.1) is 0 Å². The third kappa shape index (κ3) is 2.96. The normalized spacial score (nSPS) is 18.4. The number of nitrogen functional groups attached to an aromatic ring is 1. The Bertz CT molecular complexity index is 600. The summed E-state index contributed by atoms with van der Waals surface area (Å²) < 4.78 is 0. The summed E-state index contributed by atoms with van der Waals surface area (Å²) in [6, 6.07) is 4.28. The van der Waals surface area contributed by atoms with Crippen molar-refractivity contribution in [3.8, 4) is 0 Å². The van der Waals surface area contributed by atoms with Crippen LogP contribution < -0.4 is 21.3 Å². The second-order valence-electron chi connectivity index (χ2n) is 4.85. The highest BCUT2D eigenvalue weighted by Gasteiger charge is 2.31. The molecule has 1 heterocycles. The van der Waals surface area contributed by atoms with Crippen LogP contribution in [0.3, 0.4) is 0 Å². The first-order valence-electron chi connectivity index (χ1n) is 6.72. The Kier molecular flexibility index (Phi) is 4.11. The first-order chi connectivity index (χ1) is 9.93. The number of carbonyl (C=O) groups is 3. The number of nitrogens with zero attached hydrogens (tertiary/aromatic N) is 1. The molecule has 0 aliphatic carbocycles. The molecule has 1 unspecified atom stereocenters. The molecule has 1 fully saturated rings. The minimum absolute atomic E-state index is 0.0238. The summed E-state index contributed by atoms with van der Waals surface area (Å²) in [5.74, 6) is -0.992. The molecule has 3 amide bonds. The topological polar surface area (TPSA) is 105 Å². The van der Waals surface area contributed by atoms with Gasteiger partial charge in [0, 0.05) is 12.1 Å². The minimum atomic E-state index is -0.533. The van der Waals surface area contributed by atoms with Crippen LogP contribution in [0.1, 0.15) is 24.2 Å². The molecule has 1 saturated heterocycles. The number of benzene rings is 1. The highest BCUT2D eigenvalue weighted by Crippen LogP contribution is 2.27. The van der Waals surface area contributed by atoms with Crippen LogP contribution in [-0.2, 0) is 9.59 Å². The van der Waals surface area contributed by atoms with Gasteiger partial charge >= 0.3 is 0 Å². The Morgan fingerprint density at radius 1 is 1.48 bits per heavy atom. The average molecular weight is 290 g/mol. The Labute approximate surface area is 122 Å². The highest BCUT2D eigenvalue weighted by atomic mass is 16.2. The first kappa shape index (κ1) is 14.8. The average Bonchev–Trinajstić information content (AvgIpc) is 2.43. The molecule has 1 aromatic carbocycles. The van der Waals surface area contributed by atoms with Crippen LogP contribution in [0.2, 0.25) is 0 Å². The lowest BCUT2D eigenvalue weighted by Gasteiger charge is -2.34. The zero-order valence-electron chi connectivity index (χ0n) is 12.0. The maximum Gasteiger partial charge on any atom is 0.251 e. The summed E-state index contributed by atoms with van der Waals surface area (Å²) in [5.41, 5.74) is 7.29. The molecule has 2 rings (SSSR count). The number of rotatable bonds is 3. The van der Waals surface area contributed by atoms with E-state index in [1.807, 2.05) is 6.92 Å². The van der Waals surface area contributed by atoms with E-state index in [0.29, 0.717) is 23.5 Å². The van der Waals surface area contributed by atoms with Gasteiger partial charge in [-0.05, 0) is 32.0 Å². The Morgan fingerprint density at radius 3 is 2.86 bits per heavy atom. The van der Waals surface area contributed by atoms with E-state index in [2.05, 4.69) is 10.6 Å². The minimum Gasteiger partial charge on any atom is -0.397 e. The predicted octanol–water partition coefficient (Wildman–Crippen LogP) is -0.130. The molecule has 112 valence electrons. The molecule has 0 bridgehead atoms. The molecule has 0 radical (unpaired) electrons. The van der Waals surface area contributed by atoms with E-state index >= 15 is 0 Å². The Hall–Kier alpha value is -2.57. The summed E-state index contributed by atoms with van der Waals surface area (Å²) in [7, 11) is 0. The van der Waals surface area contributed by atoms with Gasteiger partial charge in [0.25, 0.3) is 5.91 Å². The van der Waals surface area contributed by atoms with Gasteiger partial charge in [0.1, 0.15) is 6.04 Å². The van der Waals surface area contributed by atoms with E-state index < -0.39 is 6.04 Å². The lowest BCUT2D eigenvalue weighted by atomic mass is 10.1. The number of hydrogen-bond acceptors (Lipinski definition) is 5. The molecule has 0 aromatic heterocycles. The van der Waals surface area contributed by atoms with Gasteiger partial charge in [0.05, 0.1) is 17.9 Å². The number of carbonyl (C=O) groups excluding carboxylic acids is 3. The van der Waals surface area contributed by atoms with Gasteiger partial charge in [-0.25, -0.2) is 0 Å². The van der Waals surface area contributed by atoms with Crippen molar-refractivity contribution in [3.63, 3.8) is 0 Å². The predicted molar refractivity (Wildman–Crippen MR) is 78.8 cm³/mol. The first-order valence-corrected chi connectivity index (χ1v) is 6.72. The monoisotopic (exact) mass is 290 g/mol. The van der Waals surface area contributed by atoms with Crippen LogP contribution >= 0.6 is 0 Å². The van der Waals surface area contributed by atoms with Crippen molar-refractivity contribution < 1.29 is 14.4 Å². The second-order valence-corrected chi connectivity index (χ2v) is 4.85. The maximum atomic E-state index is 11.9. The van der Waals surface area contributed by atoms with Crippen molar-refractivity contribution in [1.82, 2.24) is 10.6 Å². The van der Waals surface area contributed by atoms with Gasteiger partial charge in [0.15, 0.2) is 0 Å². The summed E-state index contributed by atoms with van der Waals surface area (Å²) in [6.45, 7) is 4.04. The lowest BCUT2D eigenvalue weighted by Crippen LogP contribution is -2.57. The van der Waals surface area contributed by atoms with Crippen molar-refractivity contribution in [1.29, 1.82) is 0 Å². The zero-order chi connectivity index (χ0) is 15.6. The molecule has 1 aromatic rings. The summed E-state index contributed by atoms with van der Waals surface area (Å²) >= 11 is 0. The van der Waals surface area contributed by atoms with Crippen molar-refractivity contribution >= 4 is 29.1 Å². The van der Waals surface area contributed by atoms with E-state index in [1.165, 1.54) is 0 Å². The number of imide groups is 1. The highest BCUT2D eigenvalue weighted by molar-refractivity contribution is 6.05. The van der Waals surface area contributed by atoms with E-state index in [4.69, 9.17) is 5.73 Å². The van der Waals surface area contributed by atoms with Gasteiger partial charge < -0.3 is 16.0 Å². The van der Waals surface area contributed by atoms with Crippen molar-refractivity contribution in [2.24, 2.45) is 0 Å². The van der Waals surface area contributed by atoms with E-state index in [1.54, 1.807) is 30.0 Å². The van der Waals surface area contributed by atoms with Crippen LogP contribution in [0, 0.1) is 0 Å². The number of nitrogens with one attached hydrogen (secondary N) is 2. The molecule has 0 spiro atoms. The molecule has 21 heavy (non-hydrogen) atoms.